The molecule has 0 aliphatic rings. The molecule has 0 saturated carbocycles. The van der Waals surface area contributed by atoms with E-state index < -0.39 is 17.5 Å². The average molecular weight is 324 g/mol. The van der Waals surface area contributed by atoms with Gasteiger partial charge in [0.2, 0.25) is 5.91 Å². The van der Waals surface area contributed by atoms with Crippen LogP contribution < -0.4 is 10.6 Å². The molecule has 4 nitrogen and oxygen atoms in total. The van der Waals surface area contributed by atoms with E-state index in [9.17, 15) is 18.4 Å². The summed E-state index contributed by atoms with van der Waals surface area (Å²) < 4.78 is 26.1. The molecule has 0 unspecified atom stereocenters. The highest BCUT2D eigenvalue weighted by molar-refractivity contribution is 7.09. The zero-order valence-electron chi connectivity index (χ0n) is 11.6. The van der Waals surface area contributed by atoms with Gasteiger partial charge in [0.05, 0.1) is 12.1 Å². The smallest absolute Gasteiger partial charge is 0.254 e. The normalized spacial score (nSPS) is 10.3. The summed E-state index contributed by atoms with van der Waals surface area (Å²) in [6.07, 6.45) is 0.0833. The molecule has 0 aliphatic carbocycles. The third kappa shape index (κ3) is 4.63. The fourth-order valence-corrected chi connectivity index (χ4v) is 2.39. The molecule has 116 valence electrons. The van der Waals surface area contributed by atoms with E-state index in [1.165, 1.54) is 11.3 Å². The lowest BCUT2D eigenvalue weighted by Gasteiger charge is -2.07. The Kier molecular flexibility index (Phi) is 5.60. The minimum absolute atomic E-state index is 0.0753. The number of amides is 2. The first-order valence-corrected chi connectivity index (χ1v) is 7.46. The number of carbonyl (C=O) groups is 2. The van der Waals surface area contributed by atoms with E-state index in [0.29, 0.717) is 12.6 Å². The van der Waals surface area contributed by atoms with Crippen molar-refractivity contribution >= 4 is 23.2 Å². The number of hydrogen-bond acceptors (Lipinski definition) is 3. The van der Waals surface area contributed by atoms with Gasteiger partial charge in [-0.15, -0.1) is 11.3 Å². The second-order valence-electron chi connectivity index (χ2n) is 4.49. The van der Waals surface area contributed by atoms with Crippen LogP contribution in [0.1, 0.15) is 21.7 Å². The lowest BCUT2D eigenvalue weighted by Crippen LogP contribution is -2.30. The molecule has 22 heavy (non-hydrogen) atoms. The number of thiophene rings is 1. The van der Waals surface area contributed by atoms with Crippen molar-refractivity contribution in [2.75, 3.05) is 6.54 Å². The molecule has 1 heterocycles. The molecule has 0 fully saturated rings. The highest BCUT2D eigenvalue weighted by Gasteiger charge is 2.12. The summed E-state index contributed by atoms with van der Waals surface area (Å²) in [6, 6.07) is 6.51. The molecule has 0 atom stereocenters. The van der Waals surface area contributed by atoms with Crippen LogP contribution in [0.25, 0.3) is 0 Å². The quantitative estimate of drug-likeness (QED) is 0.857. The minimum Gasteiger partial charge on any atom is -0.351 e. The van der Waals surface area contributed by atoms with Crippen LogP contribution in [-0.4, -0.2) is 18.4 Å². The summed E-state index contributed by atoms with van der Waals surface area (Å²) in [5.74, 6) is -2.57. The topological polar surface area (TPSA) is 58.2 Å². The van der Waals surface area contributed by atoms with E-state index >= 15 is 0 Å². The van der Waals surface area contributed by atoms with Crippen molar-refractivity contribution in [1.82, 2.24) is 10.6 Å². The van der Waals surface area contributed by atoms with Gasteiger partial charge in [-0.05, 0) is 23.6 Å². The van der Waals surface area contributed by atoms with Crippen LogP contribution in [0.15, 0.2) is 35.7 Å². The molecule has 2 amide bonds. The number of carbonyl (C=O) groups excluding carboxylic acids is 2. The van der Waals surface area contributed by atoms with Gasteiger partial charge < -0.3 is 10.6 Å². The third-order valence-electron chi connectivity index (χ3n) is 2.85. The second-order valence-corrected chi connectivity index (χ2v) is 5.52. The van der Waals surface area contributed by atoms with Crippen LogP contribution in [-0.2, 0) is 11.3 Å². The number of hydrogen-bond donors (Lipinski definition) is 2. The predicted octanol–water partition coefficient (Wildman–Crippen LogP) is 2.46. The maximum Gasteiger partial charge on any atom is 0.254 e. The second kappa shape index (κ2) is 7.65. The molecule has 0 radical (unpaired) electrons. The molecule has 0 bridgehead atoms. The van der Waals surface area contributed by atoms with E-state index in [1.807, 2.05) is 17.5 Å². The Labute approximate surface area is 130 Å². The molecule has 2 N–H and O–H groups in total. The van der Waals surface area contributed by atoms with Gasteiger partial charge in [0, 0.05) is 23.9 Å². The fourth-order valence-electron chi connectivity index (χ4n) is 1.75. The summed E-state index contributed by atoms with van der Waals surface area (Å²) >= 11 is 1.54. The van der Waals surface area contributed by atoms with Crippen molar-refractivity contribution in [3.05, 3.63) is 57.8 Å². The summed E-state index contributed by atoms with van der Waals surface area (Å²) in [4.78, 5) is 24.3. The lowest BCUT2D eigenvalue weighted by atomic mass is 10.2. The van der Waals surface area contributed by atoms with Crippen LogP contribution in [0.4, 0.5) is 8.78 Å². The van der Waals surface area contributed by atoms with E-state index in [1.54, 1.807) is 0 Å². The SMILES string of the molecule is O=C(CCNC(=O)c1ccc(F)cc1F)NCc1cccs1. The van der Waals surface area contributed by atoms with Crippen molar-refractivity contribution in [2.45, 2.75) is 13.0 Å². The Morgan fingerprint density at radius 2 is 1.95 bits per heavy atom. The van der Waals surface area contributed by atoms with Gasteiger partial charge in [-0.2, -0.15) is 0 Å². The highest BCUT2D eigenvalue weighted by Crippen LogP contribution is 2.09. The van der Waals surface area contributed by atoms with Gasteiger partial charge in [0.15, 0.2) is 0 Å². The Hall–Kier alpha value is -2.28. The van der Waals surface area contributed by atoms with Crippen molar-refractivity contribution in [3.63, 3.8) is 0 Å². The maximum absolute atomic E-state index is 13.4. The summed E-state index contributed by atoms with van der Waals surface area (Å²) in [5, 5.41) is 7.05. The predicted molar refractivity (Wildman–Crippen MR) is 79.5 cm³/mol. The Morgan fingerprint density at radius 1 is 1.14 bits per heavy atom. The standard InChI is InChI=1S/C15H14F2N2O2S/c16-10-3-4-12(13(17)8-10)15(21)18-6-5-14(20)19-9-11-2-1-7-22-11/h1-4,7-8H,5-6,9H2,(H,18,21)(H,19,20). The average Bonchev–Trinajstić information content (AvgIpc) is 2.98. The maximum atomic E-state index is 13.4. The zero-order valence-corrected chi connectivity index (χ0v) is 12.4. The Bertz CT molecular complexity index is 660. The molecule has 2 aromatic rings. The molecule has 7 heteroatoms. The monoisotopic (exact) mass is 324 g/mol. The molecule has 1 aromatic heterocycles. The zero-order chi connectivity index (χ0) is 15.9. The van der Waals surface area contributed by atoms with Crippen molar-refractivity contribution in [2.24, 2.45) is 0 Å². The molecular weight excluding hydrogens is 310 g/mol. The summed E-state index contributed by atoms with van der Waals surface area (Å²) in [7, 11) is 0. The van der Waals surface area contributed by atoms with Gasteiger partial charge in [-0.25, -0.2) is 8.78 Å². The first-order valence-electron chi connectivity index (χ1n) is 6.58. The van der Waals surface area contributed by atoms with Crippen molar-refractivity contribution in [3.8, 4) is 0 Å². The molecule has 0 spiro atoms. The fraction of sp³-hybridized carbons (Fsp3) is 0.200. The molecule has 0 aliphatic heterocycles. The van der Waals surface area contributed by atoms with Gasteiger partial charge in [-0.3, -0.25) is 9.59 Å². The first kappa shape index (κ1) is 16.1. The molecule has 1 aromatic carbocycles. The number of nitrogens with one attached hydrogen (secondary N) is 2. The lowest BCUT2D eigenvalue weighted by molar-refractivity contribution is -0.121. The number of benzene rings is 1. The van der Waals surface area contributed by atoms with Crippen LogP contribution in [0.3, 0.4) is 0 Å². The summed E-state index contributed by atoms with van der Waals surface area (Å²) in [5.41, 5.74) is -0.250. The molecular formula is C15H14F2N2O2S. The Morgan fingerprint density at radius 3 is 2.64 bits per heavy atom. The number of halogens is 2. The van der Waals surface area contributed by atoms with Gasteiger partial charge >= 0.3 is 0 Å². The highest BCUT2D eigenvalue weighted by atomic mass is 32.1. The van der Waals surface area contributed by atoms with E-state index in [0.717, 1.165) is 17.0 Å². The van der Waals surface area contributed by atoms with Crippen LogP contribution >= 0.6 is 11.3 Å². The van der Waals surface area contributed by atoms with Crippen LogP contribution in [0.5, 0.6) is 0 Å². The largest absolute Gasteiger partial charge is 0.351 e. The molecule has 0 saturated heterocycles. The summed E-state index contributed by atoms with van der Waals surface area (Å²) in [6.45, 7) is 0.517. The Balaban J connectivity index is 1.73. The van der Waals surface area contributed by atoms with Gasteiger partial charge in [0.25, 0.3) is 5.91 Å². The number of rotatable bonds is 6. The van der Waals surface area contributed by atoms with Gasteiger partial charge in [-0.1, -0.05) is 6.07 Å². The molecule has 2 rings (SSSR count). The van der Waals surface area contributed by atoms with Crippen molar-refractivity contribution in [1.29, 1.82) is 0 Å². The first-order chi connectivity index (χ1) is 10.6. The minimum atomic E-state index is -0.931. The van der Waals surface area contributed by atoms with E-state index in [-0.39, 0.29) is 24.4 Å². The van der Waals surface area contributed by atoms with Crippen LogP contribution in [0.2, 0.25) is 0 Å². The van der Waals surface area contributed by atoms with Crippen molar-refractivity contribution < 1.29 is 18.4 Å². The van der Waals surface area contributed by atoms with E-state index in [4.69, 9.17) is 0 Å². The van der Waals surface area contributed by atoms with E-state index in [2.05, 4.69) is 10.6 Å². The van der Waals surface area contributed by atoms with Crippen LogP contribution in [0, 0.1) is 11.6 Å². The third-order valence-corrected chi connectivity index (χ3v) is 3.73. The van der Waals surface area contributed by atoms with Gasteiger partial charge in [0.1, 0.15) is 11.6 Å².